The molecule has 0 saturated heterocycles. The van der Waals surface area contributed by atoms with Crippen molar-refractivity contribution in [2.75, 3.05) is 11.9 Å². The number of benzene rings is 2. The SMILES string of the molecule is Cc1cccc(C)c1NC(=O)CNC(=O)C(C)OC(=O)c1cc2ccc(F)cc2nc1C. The fraction of sp³-hybridized carbons (Fsp3) is 0.250. The number of carbonyl (C=O) groups is 3. The maximum atomic E-state index is 13.4. The number of hydrogen-bond acceptors (Lipinski definition) is 5. The third-order valence-corrected chi connectivity index (χ3v) is 5.01. The zero-order valence-electron chi connectivity index (χ0n) is 18.3. The highest BCUT2D eigenvalue weighted by molar-refractivity contribution is 5.98. The van der Waals surface area contributed by atoms with Crippen LogP contribution in [0, 0.1) is 26.6 Å². The number of ether oxygens (including phenoxy) is 1. The van der Waals surface area contributed by atoms with Gasteiger partial charge in [-0.3, -0.25) is 14.6 Å². The summed E-state index contributed by atoms with van der Waals surface area (Å²) < 4.78 is 18.6. The molecular weight excluding hydrogens is 413 g/mol. The monoisotopic (exact) mass is 437 g/mol. The van der Waals surface area contributed by atoms with Crippen molar-refractivity contribution in [2.24, 2.45) is 0 Å². The molecule has 0 fully saturated rings. The molecule has 1 unspecified atom stereocenters. The maximum absolute atomic E-state index is 13.4. The Morgan fingerprint density at radius 2 is 1.75 bits per heavy atom. The quantitative estimate of drug-likeness (QED) is 0.575. The summed E-state index contributed by atoms with van der Waals surface area (Å²) in [5, 5.41) is 5.81. The predicted molar refractivity (Wildman–Crippen MR) is 119 cm³/mol. The number of para-hydroxylation sites is 1. The van der Waals surface area contributed by atoms with Crippen LogP contribution in [0.25, 0.3) is 10.9 Å². The molecule has 0 saturated carbocycles. The predicted octanol–water partition coefficient (Wildman–Crippen LogP) is 3.60. The minimum absolute atomic E-state index is 0.177. The third kappa shape index (κ3) is 5.26. The molecule has 1 atom stereocenters. The Bertz CT molecular complexity index is 1190. The van der Waals surface area contributed by atoms with Crippen molar-refractivity contribution in [3.63, 3.8) is 0 Å². The summed E-state index contributed by atoms with van der Waals surface area (Å²) in [5.41, 5.74) is 3.47. The van der Waals surface area contributed by atoms with Crippen molar-refractivity contribution < 1.29 is 23.5 Å². The van der Waals surface area contributed by atoms with Gasteiger partial charge in [-0.05, 0) is 57.0 Å². The molecular formula is C24H24FN3O4. The number of fused-ring (bicyclic) bond motifs is 1. The molecule has 32 heavy (non-hydrogen) atoms. The molecule has 1 aromatic heterocycles. The topological polar surface area (TPSA) is 97.4 Å². The smallest absolute Gasteiger partial charge is 0.340 e. The molecule has 2 amide bonds. The second-order valence-electron chi connectivity index (χ2n) is 7.54. The van der Waals surface area contributed by atoms with Crippen LogP contribution in [0.3, 0.4) is 0 Å². The molecule has 0 bridgehead atoms. The minimum atomic E-state index is -1.13. The van der Waals surface area contributed by atoms with Gasteiger partial charge in [0.1, 0.15) is 5.82 Å². The van der Waals surface area contributed by atoms with Gasteiger partial charge in [-0.15, -0.1) is 0 Å². The Balaban J connectivity index is 1.59. The first kappa shape index (κ1) is 22.9. The van der Waals surface area contributed by atoms with Crippen molar-refractivity contribution in [3.05, 3.63) is 70.7 Å². The lowest BCUT2D eigenvalue weighted by atomic mass is 10.1. The van der Waals surface area contributed by atoms with E-state index in [-0.39, 0.29) is 12.1 Å². The van der Waals surface area contributed by atoms with Gasteiger partial charge in [0.05, 0.1) is 23.3 Å². The Hall–Kier alpha value is -3.81. The highest BCUT2D eigenvalue weighted by atomic mass is 19.1. The van der Waals surface area contributed by atoms with Crippen molar-refractivity contribution in [1.82, 2.24) is 10.3 Å². The number of anilines is 1. The van der Waals surface area contributed by atoms with E-state index in [0.717, 1.165) is 11.1 Å². The zero-order chi connectivity index (χ0) is 23.4. The fourth-order valence-electron chi connectivity index (χ4n) is 3.23. The lowest BCUT2D eigenvalue weighted by Gasteiger charge is -2.15. The average molecular weight is 437 g/mol. The lowest BCUT2D eigenvalue weighted by molar-refractivity contribution is -0.130. The van der Waals surface area contributed by atoms with Gasteiger partial charge < -0.3 is 15.4 Å². The first-order valence-electron chi connectivity index (χ1n) is 10.1. The molecule has 3 rings (SSSR count). The summed E-state index contributed by atoms with van der Waals surface area (Å²) in [6.45, 7) is 6.50. The standard InChI is InChI=1S/C24H24FN3O4/c1-13-6-5-7-14(2)22(13)28-21(29)12-26-23(30)16(4)32-24(31)19-10-17-8-9-18(25)11-20(17)27-15(19)3/h5-11,16H,12H2,1-4H3,(H,26,30)(H,28,29). The van der Waals surface area contributed by atoms with Gasteiger partial charge in [-0.1, -0.05) is 18.2 Å². The number of esters is 1. The lowest BCUT2D eigenvalue weighted by Crippen LogP contribution is -2.40. The van der Waals surface area contributed by atoms with Crippen LogP contribution in [0.15, 0.2) is 42.5 Å². The number of rotatable bonds is 6. The van der Waals surface area contributed by atoms with Crippen molar-refractivity contribution in [1.29, 1.82) is 0 Å². The number of aromatic nitrogens is 1. The average Bonchev–Trinajstić information content (AvgIpc) is 2.74. The number of amides is 2. The molecule has 7 nitrogen and oxygen atoms in total. The summed E-state index contributed by atoms with van der Waals surface area (Å²) in [6.07, 6.45) is -1.13. The number of carbonyl (C=O) groups excluding carboxylic acids is 3. The molecule has 0 radical (unpaired) electrons. The van der Waals surface area contributed by atoms with Crippen molar-refractivity contribution in [3.8, 4) is 0 Å². The van der Waals surface area contributed by atoms with E-state index in [1.54, 1.807) is 13.0 Å². The summed E-state index contributed by atoms with van der Waals surface area (Å²) in [4.78, 5) is 41.3. The van der Waals surface area contributed by atoms with E-state index in [1.165, 1.54) is 25.1 Å². The molecule has 0 aliphatic rings. The van der Waals surface area contributed by atoms with Crippen LogP contribution in [0.4, 0.5) is 10.1 Å². The number of hydrogen-bond donors (Lipinski definition) is 2. The fourth-order valence-corrected chi connectivity index (χ4v) is 3.23. The third-order valence-electron chi connectivity index (χ3n) is 5.01. The van der Waals surface area contributed by atoms with Gasteiger partial charge in [0.2, 0.25) is 5.91 Å². The van der Waals surface area contributed by atoms with Gasteiger partial charge in [0, 0.05) is 17.1 Å². The van der Waals surface area contributed by atoms with E-state index in [0.29, 0.717) is 22.3 Å². The Morgan fingerprint density at radius 3 is 2.44 bits per heavy atom. The number of nitrogens with zero attached hydrogens (tertiary/aromatic N) is 1. The zero-order valence-corrected chi connectivity index (χ0v) is 18.3. The van der Waals surface area contributed by atoms with Gasteiger partial charge in [0.25, 0.3) is 5.91 Å². The molecule has 1 heterocycles. The molecule has 0 spiro atoms. The summed E-state index contributed by atoms with van der Waals surface area (Å²) in [6, 6.07) is 11.3. The highest BCUT2D eigenvalue weighted by Crippen LogP contribution is 2.20. The molecule has 2 N–H and O–H groups in total. The Morgan fingerprint density at radius 1 is 1.06 bits per heavy atom. The summed E-state index contributed by atoms with van der Waals surface area (Å²) in [7, 11) is 0. The largest absolute Gasteiger partial charge is 0.449 e. The minimum Gasteiger partial charge on any atom is -0.449 e. The van der Waals surface area contributed by atoms with Crippen molar-refractivity contribution in [2.45, 2.75) is 33.8 Å². The highest BCUT2D eigenvalue weighted by Gasteiger charge is 2.21. The maximum Gasteiger partial charge on any atom is 0.340 e. The van der Waals surface area contributed by atoms with Crippen molar-refractivity contribution >= 4 is 34.4 Å². The van der Waals surface area contributed by atoms with Crippen LogP contribution in [-0.4, -0.2) is 35.4 Å². The van der Waals surface area contributed by atoms with Gasteiger partial charge in [-0.25, -0.2) is 9.18 Å². The number of halogens is 1. The molecule has 166 valence electrons. The second-order valence-corrected chi connectivity index (χ2v) is 7.54. The molecule has 0 aliphatic heterocycles. The Kier molecular flexibility index (Phi) is 6.82. The summed E-state index contributed by atoms with van der Waals surface area (Å²) >= 11 is 0. The van der Waals surface area contributed by atoms with E-state index in [1.807, 2.05) is 32.0 Å². The van der Waals surface area contributed by atoms with Crippen LogP contribution in [0.1, 0.15) is 34.1 Å². The Labute approximate surface area is 185 Å². The van der Waals surface area contributed by atoms with Crippen LogP contribution < -0.4 is 10.6 Å². The van der Waals surface area contributed by atoms with Gasteiger partial charge in [-0.2, -0.15) is 0 Å². The molecule has 3 aromatic rings. The van der Waals surface area contributed by atoms with Crippen LogP contribution in [0.5, 0.6) is 0 Å². The van der Waals surface area contributed by atoms with Crippen LogP contribution in [-0.2, 0) is 14.3 Å². The van der Waals surface area contributed by atoms with Crippen LogP contribution >= 0.6 is 0 Å². The van der Waals surface area contributed by atoms with E-state index < -0.39 is 29.7 Å². The van der Waals surface area contributed by atoms with Crippen LogP contribution in [0.2, 0.25) is 0 Å². The number of aryl methyl sites for hydroxylation is 3. The molecule has 2 aromatic carbocycles. The first-order valence-corrected chi connectivity index (χ1v) is 10.1. The summed E-state index contributed by atoms with van der Waals surface area (Å²) in [5.74, 6) is -2.16. The van der Waals surface area contributed by atoms with Gasteiger partial charge >= 0.3 is 5.97 Å². The number of pyridine rings is 1. The van der Waals surface area contributed by atoms with E-state index in [9.17, 15) is 18.8 Å². The molecule has 0 aliphatic carbocycles. The normalized spacial score (nSPS) is 11.7. The van der Waals surface area contributed by atoms with E-state index >= 15 is 0 Å². The van der Waals surface area contributed by atoms with E-state index in [4.69, 9.17) is 4.74 Å². The first-order chi connectivity index (χ1) is 15.2. The molecule has 8 heteroatoms. The van der Waals surface area contributed by atoms with E-state index in [2.05, 4.69) is 15.6 Å². The second kappa shape index (κ2) is 9.55. The van der Waals surface area contributed by atoms with Gasteiger partial charge in [0.15, 0.2) is 6.10 Å². The number of nitrogens with one attached hydrogen (secondary N) is 2.